The Morgan fingerprint density at radius 2 is 1.61 bits per heavy atom. The maximum absolute atomic E-state index is 12.8. The van der Waals surface area contributed by atoms with E-state index in [1.807, 2.05) is 26.8 Å². The molecule has 28 heavy (non-hydrogen) atoms. The predicted molar refractivity (Wildman–Crippen MR) is 112 cm³/mol. The van der Waals surface area contributed by atoms with Gasteiger partial charge in [0.05, 0.1) is 4.90 Å². The Morgan fingerprint density at radius 1 is 1.00 bits per heavy atom. The van der Waals surface area contributed by atoms with E-state index in [-0.39, 0.29) is 10.8 Å². The van der Waals surface area contributed by atoms with Crippen LogP contribution in [0.2, 0.25) is 0 Å². The lowest BCUT2D eigenvalue weighted by molar-refractivity contribution is -0.123. The molecule has 0 aromatic heterocycles. The number of amides is 1. The zero-order valence-corrected chi connectivity index (χ0v) is 17.6. The average molecular weight is 402 g/mol. The Morgan fingerprint density at radius 3 is 2.21 bits per heavy atom. The Hall–Kier alpha value is -2.38. The molecule has 1 amide bonds. The first-order valence-electron chi connectivity index (χ1n) is 9.37. The van der Waals surface area contributed by atoms with E-state index in [2.05, 4.69) is 21.9 Å². The molecule has 0 saturated carbocycles. The minimum absolute atomic E-state index is 0.0971. The third kappa shape index (κ3) is 4.54. The molecule has 2 aromatic carbocycles. The molecule has 0 radical (unpaired) electrons. The molecule has 150 valence electrons. The first-order chi connectivity index (χ1) is 13.1. The van der Waals surface area contributed by atoms with Crippen LogP contribution in [0, 0.1) is 5.41 Å². The highest BCUT2D eigenvalue weighted by molar-refractivity contribution is 7.92. The summed E-state index contributed by atoms with van der Waals surface area (Å²) in [7, 11) is -3.67. The Bertz CT molecular complexity index is 977. The molecule has 2 N–H and O–H groups in total. The summed E-state index contributed by atoms with van der Waals surface area (Å²) in [4.78, 5) is 14.6. The van der Waals surface area contributed by atoms with E-state index in [0.29, 0.717) is 11.4 Å². The molecule has 1 aliphatic heterocycles. The van der Waals surface area contributed by atoms with Gasteiger partial charge in [-0.1, -0.05) is 33.8 Å². The van der Waals surface area contributed by atoms with Crippen molar-refractivity contribution in [2.24, 2.45) is 5.41 Å². The van der Waals surface area contributed by atoms with E-state index >= 15 is 0 Å². The van der Waals surface area contributed by atoms with Crippen LogP contribution in [-0.4, -0.2) is 25.8 Å². The molecular weight excluding hydrogens is 374 g/mol. The van der Waals surface area contributed by atoms with E-state index in [0.717, 1.165) is 25.2 Å². The van der Waals surface area contributed by atoms with Gasteiger partial charge < -0.3 is 5.32 Å². The average Bonchev–Trinajstić information content (AvgIpc) is 3.04. The quantitative estimate of drug-likeness (QED) is 0.799. The van der Waals surface area contributed by atoms with Crippen molar-refractivity contribution in [1.82, 2.24) is 4.90 Å². The molecular formula is C21H27N3O3S. The maximum Gasteiger partial charge on any atom is 0.261 e. The smallest absolute Gasteiger partial charge is 0.261 e. The van der Waals surface area contributed by atoms with Gasteiger partial charge in [-0.15, -0.1) is 0 Å². The van der Waals surface area contributed by atoms with Crippen molar-refractivity contribution < 1.29 is 13.2 Å². The van der Waals surface area contributed by atoms with E-state index in [1.165, 1.54) is 5.56 Å². The molecule has 1 heterocycles. The van der Waals surface area contributed by atoms with Crippen molar-refractivity contribution in [2.75, 3.05) is 16.6 Å². The lowest BCUT2D eigenvalue weighted by atomic mass is 9.95. The zero-order valence-electron chi connectivity index (χ0n) is 16.7. The summed E-state index contributed by atoms with van der Waals surface area (Å²) in [6, 6.07) is 11.9. The Labute approximate surface area is 167 Å². The molecule has 0 bridgehead atoms. The predicted octanol–water partition coefficient (Wildman–Crippen LogP) is 3.81. The molecule has 0 saturated heterocycles. The second kappa shape index (κ2) is 7.56. The van der Waals surface area contributed by atoms with Gasteiger partial charge in [-0.25, -0.2) is 8.42 Å². The third-order valence-electron chi connectivity index (χ3n) is 4.80. The van der Waals surface area contributed by atoms with Crippen LogP contribution in [0.15, 0.2) is 47.4 Å². The van der Waals surface area contributed by atoms with E-state index < -0.39 is 15.4 Å². The van der Waals surface area contributed by atoms with E-state index in [4.69, 9.17) is 0 Å². The van der Waals surface area contributed by atoms with Crippen LogP contribution in [-0.2, 0) is 27.9 Å². The maximum atomic E-state index is 12.8. The summed E-state index contributed by atoms with van der Waals surface area (Å²) in [5.74, 6) is -0.0971. The number of fused-ring (bicyclic) bond motifs is 1. The molecule has 0 aliphatic carbocycles. The fourth-order valence-electron chi connectivity index (χ4n) is 2.99. The molecule has 0 unspecified atom stereocenters. The molecule has 3 rings (SSSR count). The number of nitrogens with one attached hydrogen (secondary N) is 2. The highest BCUT2D eigenvalue weighted by Crippen LogP contribution is 2.26. The van der Waals surface area contributed by atoms with Gasteiger partial charge in [-0.2, -0.15) is 0 Å². The largest absolute Gasteiger partial charge is 0.326 e. The SMILES string of the molecule is CCN1Cc2ccc(S(=O)(=O)Nc3ccc(NC(=O)C(C)(C)C)cc3)cc2C1. The summed E-state index contributed by atoms with van der Waals surface area (Å²) in [6.07, 6.45) is 0. The van der Waals surface area contributed by atoms with Crippen LogP contribution in [0.3, 0.4) is 0 Å². The van der Waals surface area contributed by atoms with Gasteiger partial charge >= 0.3 is 0 Å². The number of rotatable bonds is 5. The van der Waals surface area contributed by atoms with Crippen molar-refractivity contribution in [2.45, 2.75) is 45.7 Å². The first kappa shape index (κ1) is 20.4. The van der Waals surface area contributed by atoms with Crippen LogP contribution in [0.1, 0.15) is 38.8 Å². The lowest BCUT2D eigenvalue weighted by Crippen LogP contribution is -2.27. The van der Waals surface area contributed by atoms with Crippen LogP contribution in [0.4, 0.5) is 11.4 Å². The van der Waals surface area contributed by atoms with Crippen LogP contribution in [0.5, 0.6) is 0 Å². The van der Waals surface area contributed by atoms with Crippen molar-refractivity contribution in [3.8, 4) is 0 Å². The van der Waals surface area contributed by atoms with E-state index in [1.54, 1.807) is 36.4 Å². The van der Waals surface area contributed by atoms with Crippen molar-refractivity contribution in [3.05, 3.63) is 53.6 Å². The highest BCUT2D eigenvalue weighted by atomic mass is 32.2. The van der Waals surface area contributed by atoms with Gasteiger partial charge in [0, 0.05) is 29.9 Å². The van der Waals surface area contributed by atoms with Crippen molar-refractivity contribution in [3.63, 3.8) is 0 Å². The summed E-state index contributed by atoms with van der Waals surface area (Å²) in [5, 5.41) is 2.82. The molecule has 0 spiro atoms. The number of hydrogen-bond acceptors (Lipinski definition) is 4. The van der Waals surface area contributed by atoms with Crippen LogP contribution < -0.4 is 10.0 Å². The fraction of sp³-hybridized carbons (Fsp3) is 0.381. The highest BCUT2D eigenvalue weighted by Gasteiger charge is 2.23. The van der Waals surface area contributed by atoms with Gasteiger partial charge in [0.1, 0.15) is 0 Å². The summed E-state index contributed by atoms with van der Waals surface area (Å²) in [5.41, 5.74) is 2.82. The molecule has 1 aliphatic rings. The van der Waals surface area contributed by atoms with Crippen LogP contribution in [0.25, 0.3) is 0 Å². The summed E-state index contributed by atoms with van der Waals surface area (Å²) >= 11 is 0. The standard InChI is InChI=1S/C21H27N3O3S/c1-5-24-13-15-6-11-19(12-16(15)14-24)28(26,27)23-18-9-7-17(8-10-18)22-20(25)21(2,3)4/h6-12,23H,5,13-14H2,1-4H3,(H,22,25). The topological polar surface area (TPSA) is 78.5 Å². The van der Waals surface area contributed by atoms with Crippen molar-refractivity contribution >= 4 is 27.3 Å². The second-order valence-corrected chi connectivity index (χ2v) is 9.80. The summed E-state index contributed by atoms with van der Waals surface area (Å²) < 4.78 is 28.1. The number of sulfonamides is 1. The molecule has 0 fully saturated rings. The zero-order chi connectivity index (χ0) is 20.5. The number of hydrogen-bond donors (Lipinski definition) is 2. The number of carbonyl (C=O) groups excluding carboxylic acids is 1. The van der Waals surface area contributed by atoms with Gasteiger partial charge in [0.2, 0.25) is 5.91 Å². The lowest BCUT2D eigenvalue weighted by Gasteiger charge is -2.17. The minimum atomic E-state index is -3.67. The molecule has 0 atom stereocenters. The monoisotopic (exact) mass is 401 g/mol. The molecule has 6 nitrogen and oxygen atoms in total. The number of nitrogens with zero attached hydrogens (tertiary/aromatic N) is 1. The summed E-state index contributed by atoms with van der Waals surface area (Å²) in [6.45, 7) is 10.2. The fourth-order valence-corrected chi connectivity index (χ4v) is 4.10. The van der Waals surface area contributed by atoms with Gasteiger partial charge in [-0.05, 0) is 54.1 Å². The first-order valence-corrected chi connectivity index (χ1v) is 10.9. The number of benzene rings is 2. The molecule has 7 heteroatoms. The number of carbonyl (C=O) groups is 1. The van der Waals surface area contributed by atoms with E-state index in [9.17, 15) is 13.2 Å². The number of anilines is 2. The van der Waals surface area contributed by atoms with Gasteiger partial charge in [0.15, 0.2) is 0 Å². The van der Waals surface area contributed by atoms with Crippen LogP contribution >= 0.6 is 0 Å². The van der Waals surface area contributed by atoms with Crippen molar-refractivity contribution in [1.29, 1.82) is 0 Å². The Kier molecular flexibility index (Phi) is 5.50. The third-order valence-corrected chi connectivity index (χ3v) is 6.18. The van der Waals surface area contributed by atoms with Gasteiger partial charge in [0.25, 0.3) is 10.0 Å². The normalized spacial score (nSPS) is 14.6. The molecule has 2 aromatic rings. The Balaban J connectivity index is 1.72. The minimum Gasteiger partial charge on any atom is -0.326 e. The van der Waals surface area contributed by atoms with Gasteiger partial charge in [-0.3, -0.25) is 14.4 Å². The second-order valence-electron chi connectivity index (χ2n) is 8.12.